The zero-order chi connectivity index (χ0) is 21.4. The number of aromatic amines is 1. The van der Waals surface area contributed by atoms with E-state index in [9.17, 15) is 10.1 Å². The Labute approximate surface area is 174 Å². The molecule has 4 N–H and O–H groups in total. The van der Waals surface area contributed by atoms with Crippen LogP contribution in [-0.4, -0.2) is 36.2 Å². The Balaban J connectivity index is 1.58. The number of nitriles is 1. The molecular weight excluding hydrogens is 398 g/mol. The van der Waals surface area contributed by atoms with E-state index in [1.54, 1.807) is 30.5 Å². The maximum Gasteiger partial charge on any atom is 0.268 e. The molecule has 0 saturated heterocycles. The third-order valence-electron chi connectivity index (χ3n) is 4.57. The van der Waals surface area contributed by atoms with Crippen LogP contribution in [0.1, 0.15) is 15.9 Å². The van der Waals surface area contributed by atoms with Crippen molar-refractivity contribution in [3.8, 4) is 11.9 Å². The topological polar surface area (TPSA) is 160 Å². The molecule has 0 unspecified atom stereocenters. The number of hydrogen-bond acceptors (Lipinski definition) is 8. The number of nitrogens with zero attached hydrogens (tertiary/aromatic N) is 6. The number of hydrogen-bond donors (Lipinski definition) is 3. The fourth-order valence-corrected chi connectivity index (χ4v) is 3.08. The largest absolute Gasteiger partial charge is 0.365 e. The number of benzene rings is 2. The van der Waals surface area contributed by atoms with E-state index in [0.717, 1.165) is 15.7 Å². The zero-order valence-corrected chi connectivity index (χ0v) is 15.8. The first-order chi connectivity index (χ1) is 15.1. The second-order valence-electron chi connectivity index (χ2n) is 6.55. The molecule has 3 heterocycles. The third kappa shape index (κ3) is 3.23. The molecular formula is C20H13N9O2. The minimum atomic E-state index is -0.742. The average Bonchev–Trinajstić information content (AvgIpc) is 3.40. The first-order valence-electron chi connectivity index (χ1n) is 9.06. The van der Waals surface area contributed by atoms with Crippen molar-refractivity contribution in [3.63, 3.8) is 0 Å². The molecule has 11 nitrogen and oxygen atoms in total. The van der Waals surface area contributed by atoms with Crippen LogP contribution in [0, 0.1) is 11.3 Å². The van der Waals surface area contributed by atoms with Crippen LogP contribution in [-0.2, 0) is 0 Å². The molecule has 0 aliphatic heterocycles. The first kappa shape index (κ1) is 18.1. The van der Waals surface area contributed by atoms with Gasteiger partial charge in [-0.15, -0.1) is 5.10 Å². The summed E-state index contributed by atoms with van der Waals surface area (Å²) in [6, 6.07) is 15.9. The minimum absolute atomic E-state index is 0.0178. The van der Waals surface area contributed by atoms with E-state index in [4.69, 9.17) is 10.6 Å². The van der Waals surface area contributed by atoms with E-state index in [0.29, 0.717) is 16.7 Å². The number of anilines is 2. The first-order valence-corrected chi connectivity index (χ1v) is 9.06. The summed E-state index contributed by atoms with van der Waals surface area (Å²) in [7, 11) is 0. The van der Waals surface area contributed by atoms with Gasteiger partial charge < -0.3 is 15.9 Å². The number of carbonyl (C=O) groups is 1. The lowest BCUT2D eigenvalue weighted by Crippen LogP contribution is -2.17. The standard InChI is InChI=1S/C20H13N9O2/c21-9-11-8-14(18(22)30)19(24-13-5-6-15-12(7-13)10-23-26-15)25-20(11)31-29-17-4-2-1-3-16(17)27-28-29/h1-8,10H,(H2,22,30)(H,23,26)(H,24,25). The lowest BCUT2D eigenvalue weighted by atomic mass is 10.1. The molecule has 1 amide bonds. The van der Waals surface area contributed by atoms with Gasteiger partial charge in [0.25, 0.3) is 11.8 Å². The lowest BCUT2D eigenvalue weighted by Gasteiger charge is -2.13. The maximum atomic E-state index is 12.0. The molecule has 0 aliphatic rings. The second kappa shape index (κ2) is 7.12. The molecule has 31 heavy (non-hydrogen) atoms. The van der Waals surface area contributed by atoms with Crippen molar-refractivity contribution >= 4 is 39.3 Å². The molecule has 2 aromatic carbocycles. The fraction of sp³-hybridized carbons (Fsp3) is 0. The van der Waals surface area contributed by atoms with E-state index in [1.807, 2.05) is 24.3 Å². The van der Waals surface area contributed by atoms with Crippen molar-refractivity contribution in [2.75, 3.05) is 5.32 Å². The number of H-pyrrole nitrogens is 1. The van der Waals surface area contributed by atoms with Gasteiger partial charge in [0.1, 0.15) is 28.5 Å². The van der Waals surface area contributed by atoms with Gasteiger partial charge in [0.2, 0.25) is 0 Å². The zero-order valence-electron chi connectivity index (χ0n) is 15.8. The average molecular weight is 411 g/mol. The molecule has 0 radical (unpaired) electrons. The van der Waals surface area contributed by atoms with Gasteiger partial charge in [-0.1, -0.05) is 17.0 Å². The van der Waals surface area contributed by atoms with Crippen molar-refractivity contribution in [3.05, 3.63) is 65.9 Å². The Morgan fingerprint density at radius 1 is 1.23 bits per heavy atom. The number of carbonyl (C=O) groups excluding carboxylic acids is 1. The summed E-state index contributed by atoms with van der Waals surface area (Å²) < 4.78 is 0. The van der Waals surface area contributed by atoms with Gasteiger partial charge in [0.15, 0.2) is 0 Å². The van der Waals surface area contributed by atoms with Crippen LogP contribution in [0.15, 0.2) is 54.7 Å². The maximum absolute atomic E-state index is 12.0. The number of nitrogens with one attached hydrogen (secondary N) is 2. The Morgan fingerprint density at radius 2 is 2.10 bits per heavy atom. The number of fused-ring (bicyclic) bond motifs is 2. The van der Waals surface area contributed by atoms with Crippen molar-refractivity contribution < 1.29 is 9.63 Å². The van der Waals surface area contributed by atoms with Crippen molar-refractivity contribution in [1.29, 1.82) is 5.26 Å². The number of nitrogens with two attached hydrogens (primary N) is 1. The van der Waals surface area contributed by atoms with Crippen LogP contribution in [0.5, 0.6) is 5.88 Å². The van der Waals surface area contributed by atoms with Crippen LogP contribution in [0.4, 0.5) is 11.5 Å². The Morgan fingerprint density at radius 3 is 2.94 bits per heavy atom. The Bertz CT molecular complexity index is 1500. The van der Waals surface area contributed by atoms with Crippen molar-refractivity contribution in [2.24, 2.45) is 5.73 Å². The molecule has 150 valence electrons. The summed E-state index contributed by atoms with van der Waals surface area (Å²) in [5.74, 6) is -0.669. The normalized spacial score (nSPS) is 10.8. The summed E-state index contributed by atoms with van der Waals surface area (Å²) in [6.45, 7) is 0. The molecule has 5 aromatic rings. The van der Waals surface area contributed by atoms with Gasteiger partial charge in [-0.25, -0.2) is 0 Å². The van der Waals surface area contributed by atoms with Gasteiger partial charge in [-0.05, 0) is 41.6 Å². The molecule has 0 bridgehead atoms. The predicted octanol–water partition coefficient (Wildman–Crippen LogP) is 2.26. The highest BCUT2D eigenvalue weighted by molar-refractivity contribution is 5.99. The number of aromatic nitrogens is 6. The van der Waals surface area contributed by atoms with E-state index in [2.05, 4.69) is 30.8 Å². The summed E-state index contributed by atoms with van der Waals surface area (Å²) in [5, 5.41) is 28.3. The van der Waals surface area contributed by atoms with Gasteiger partial charge in [0, 0.05) is 11.1 Å². The molecule has 3 aromatic heterocycles. The molecule has 0 spiro atoms. The van der Waals surface area contributed by atoms with E-state index < -0.39 is 5.91 Å². The summed E-state index contributed by atoms with van der Waals surface area (Å²) in [6.07, 6.45) is 1.67. The Hall–Kier alpha value is -4.98. The van der Waals surface area contributed by atoms with Gasteiger partial charge >= 0.3 is 0 Å². The van der Waals surface area contributed by atoms with E-state index in [1.165, 1.54) is 6.07 Å². The molecule has 11 heteroatoms. The molecule has 5 rings (SSSR count). The lowest BCUT2D eigenvalue weighted by molar-refractivity contribution is 0.100. The van der Waals surface area contributed by atoms with Gasteiger partial charge in [-0.2, -0.15) is 15.3 Å². The molecule has 0 saturated carbocycles. The fourth-order valence-electron chi connectivity index (χ4n) is 3.08. The molecule has 0 aliphatic carbocycles. The summed E-state index contributed by atoms with van der Waals surface area (Å²) in [5.41, 5.74) is 8.28. The van der Waals surface area contributed by atoms with Gasteiger partial charge in [-0.3, -0.25) is 9.89 Å². The van der Waals surface area contributed by atoms with Crippen LogP contribution in [0.3, 0.4) is 0 Å². The highest BCUT2D eigenvalue weighted by Crippen LogP contribution is 2.27. The highest BCUT2D eigenvalue weighted by atomic mass is 16.7. The van der Waals surface area contributed by atoms with Crippen LogP contribution >= 0.6 is 0 Å². The SMILES string of the molecule is N#Cc1cc(C(N)=O)c(Nc2ccc3[nH]ncc3c2)nc1On1nnc2ccccc21. The smallest absolute Gasteiger partial charge is 0.268 e. The number of primary amides is 1. The van der Waals surface area contributed by atoms with Crippen LogP contribution < -0.4 is 15.9 Å². The molecule has 0 atom stereocenters. The minimum Gasteiger partial charge on any atom is -0.365 e. The van der Waals surface area contributed by atoms with Crippen LogP contribution in [0.25, 0.3) is 21.9 Å². The number of para-hydroxylation sites is 1. The Kier molecular flexibility index (Phi) is 4.15. The van der Waals surface area contributed by atoms with Crippen molar-refractivity contribution in [2.45, 2.75) is 0 Å². The number of pyridine rings is 1. The second-order valence-corrected chi connectivity index (χ2v) is 6.55. The van der Waals surface area contributed by atoms with E-state index >= 15 is 0 Å². The monoisotopic (exact) mass is 411 g/mol. The summed E-state index contributed by atoms with van der Waals surface area (Å²) in [4.78, 5) is 23.2. The van der Waals surface area contributed by atoms with Crippen LogP contribution in [0.2, 0.25) is 0 Å². The quantitative estimate of drug-likeness (QED) is 0.397. The highest BCUT2D eigenvalue weighted by Gasteiger charge is 2.19. The number of rotatable bonds is 5. The van der Waals surface area contributed by atoms with Crippen molar-refractivity contribution in [1.82, 2.24) is 30.3 Å². The van der Waals surface area contributed by atoms with E-state index in [-0.39, 0.29) is 22.8 Å². The number of amides is 1. The predicted molar refractivity (Wildman–Crippen MR) is 110 cm³/mol. The summed E-state index contributed by atoms with van der Waals surface area (Å²) >= 11 is 0. The third-order valence-corrected chi connectivity index (χ3v) is 4.57. The molecule has 0 fully saturated rings. The van der Waals surface area contributed by atoms with Gasteiger partial charge in [0.05, 0.1) is 17.3 Å².